The standard InChI is InChI=1S/C16H20N4O2/c21-20(22)16-13-4-2-9-18-14(13)5-6-15(16)19-10-7-12-3-1-8-17-11-12/h2,4-6,9,12,17,19H,1,3,7-8,10-11H2. The van der Waals surface area contributed by atoms with E-state index in [-0.39, 0.29) is 10.6 Å². The molecule has 0 aliphatic carbocycles. The Kier molecular flexibility index (Phi) is 4.48. The van der Waals surface area contributed by atoms with Gasteiger partial charge in [0, 0.05) is 12.7 Å². The molecule has 0 bridgehead atoms. The van der Waals surface area contributed by atoms with Crippen molar-refractivity contribution in [3.05, 3.63) is 40.6 Å². The van der Waals surface area contributed by atoms with Gasteiger partial charge >= 0.3 is 5.69 Å². The molecule has 1 aromatic carbocycles. The van der Waals surface area contributed by atoms with Crippen LogP contribution in [0.1, 0.15) is 19.3 Å². The molecule has 2 N–H and O–H groups in total. The lowest BCUT2D eigenvalue weighted by atomic mass is 9.96. The van der Waals surface area contributed by atoms with Gasteiger partial charge in [-0.05, 0) is 62.5 Å². The minimum atomic E-state index is -0.325. The molecule has 6 nitrogen and oxygen atoms in total. The number of hydrogen-bond donors (Lipinski definition) is 2. The predicted octanol–water partition coefficient (Wildman–Crippen LogP) is 2.94. The number of nitrogens with one attached hydrogen (secondary N) is 2. The predicted molar refractivity (Wildman–Crippen MR) is 87.1 cm³/mol. The van der Waals surface area contributed by atoms with Gasteiger partial charge in [0.05, 0.1) is 15.8 Å². The molecule has 2 aromatic rings. The quantitative estimate of drug-likeness (QED) is 0.655. The minimum Gasteiger partial charge on any atom is -0.379 e. The van der Waals surface area contributed by atoms with Gasteiger partial charge in [-0.2, -0.15) is 0 Å². The van der Waals surface area contributed by atoms with Crippen LogP contribution < -0.4 is 10.6 Å². The van der Waals surface area contributed by atoms with Crippen LogP contribution >= 0.6 is 0 Å². The van der Waals surface area contributed by atoms with Crippen molar-refractivity contribution in [2.45, 2.75) is 19.3 Å². The highest BCUT2D eigenvalue weighted by Gasteiger charge is 2.19. The van der Waals surface area contributed by atoms with E-state index in [1.54, 1.807) is 24.4 Å². The number of anilines is 1. The average Bonchev–Trinajstić information content (AvgIpc) is 2.55. The van der Waals surface area contributed by atoms with Gasteiger partial charge in [0.15, 0.2) is 0 Å². The molecule has 1 aliphatic rings. The van der Waals surface area contributed by atoms with Crippen LogP contribution in [0, 0.1) is 16.0 Å². The number of pyridine rings is 1. The third-order valence-electron chi connectivity index (χ3n) is 4.21. The third kappa shape index (κ3) is 3.17. The van der Waals surface area contributed by atoms with Crippen LogP contribution in [-0.2, 0) is 0 Å². The highest BCUT2D eigenvalue weighted by molar-refractivity contribution is 5.94. The van der Waals surface area contributed by atoms with Crippen LogP contribution in [0.2, 0.25) is 0 Å². The first kappa shape index (κ1) is 14.7. The van der Waals surface area contributed by atoms with E-state index in [9.17, 15) is 10.1 Å². The molecule has 1 aromatic heterocycles. The Balaban J connectivity index is 1.75. The summed E-state index contributed by atoms with van der Waals surface area (Å²) < 4.78 is 0. The second-order valence-corrected chi connectivity index (χ2v) is 5.72. The fraction of sp³-hybridized carbons (Fsp3) is 0.438. The van der Waals surface area contributed by atoms with Crippen LogP contribution in [0.15, 0.2) is 30.5 Å². The van der Waals surface area contributed by atoms with E-state index in [0.717, 1.165) is 26.1 Å². The average molecular weight is 300 g/mol. The molecule has 1 fully saturated rings. The van der Waals surface area contributed by atoms with Crippen molar-refractivity contribution in [3.63, 3.8) is 0 Å². The number of benzene rings is 1. The van der Waals surface area contributed by atoms with Crippen LogP contribution in [-0.4, -0.2) is 29.5 Å². The number of rotatable bonds is 5. The molecule has 1 atom stereocenters. The molecule has 3 rings (SSSR count). The van der Waals surface area contributed by atoms with Crippen molar-refractivity contribution in [2.24, 2.45) is 5.92 Å². The molecule has 1 aliphatic heterocycles. The topological polar surface area (TPSA) is 80.1 Å². The first-order valence-corrected chi connectivity index (χ1v) is 7.72. The first-order valence-electron chi connectivity index (χ1n) is 7.72. The zero-order valence-corrected chi connectivity index (χ0v) is 12.4. The van der Waals surface area contributed by atoms with Gasteiger partial charge in [-0.1, -0.05) is 0 Å². The Hall–Kier alpha value is -2.21. The fourth-order valence-corrected chi connectivity index (χ4v) is 3.06. The number of hydrogen-bond acceptors (Lipinski definition) is 5. The number of nitro benzene ring substituents is 1. The highest BCUT2D eigenvalue weighted by Crippen LogP contribution is 2.32. The van der Waals surface area contributed by atoms with Crippen LogP contribution in [0.5, 0.6) is 0 Å². The third-order valence-corrected chi connectivity index (χ3v) is 4.21. The molecule has 0 saturated carbocycles. The molecular weight excluding hydrogens is 280 g/mol. The lowest BCUT2D eigenvalue weighted by molar-refractivity contribution is -0.382. The monoisotopic (exact) mass is 300 g/mol. The van der Waals surface area contributed by atoms with Crippen LogP contribution in [0.25, 0.3) is 10.9 Å². The largest absolute Gasteiger partial charge is 0.379 e. The van der Waals surface area contributed by atoms with E-state index in [0.29, 0.717) is 22.5 Å². The molecular formula is C16H20N4O2. The summed E-state index contributed by atoms with van der Waals surface area (Å²) in [4.78, 5) is 15.3. The maximum Gasteiger partial charge on any atom is 0.301 e. The summed E-state index contributed by atoms with van der Waals surface area (Å²) >= 11 is 0. The summed E-state index contributed by atoms with van der Waals surface area (Å²) in [5.74, 6) is 0.655. The zero-order valence-electron chi connectivity index (χ0n) is 12.4. The molecule has 1 unspecified atom stereocenters. The van der Waals surface area contributed by atoms with E-state index in [1.807, 2.05) is 6.07 Å². The summed E-state index contributed by atoms with van der Waals surface area (Å²) in [7, 11) is 0. The SMILES string of the molecule is O=[N+]([O-])c1c(NCCC2CCCNC2)ccc2ncccc12. The van der Waals surface area contributed by atoms with Crippen molar-refractivity contribution < 1.29 is 4.92 Å². The van der Waals surface area contributed by atoms with Gasteiger partial charge in [-0.25, -0.2) is 0 Å². The van der Waals surface area contributed by atoms with E-state index in [4.69, 9.17) is 0 Å². The van der Waals surface area contributed by atoms with E-state index < -0.39 is 0 Å². The zero-order chi connectivity index (χ0) is 15.4. The summed E-state index contributed by atoms with van der Waals surface area (Å²) in [6.45, 7) is 2.90. The number of fused-ring (bicyclic) bond motifs is 1. The van der Waals surface area contributed by atoms with Gasteiger partial charge in [0.1, 0.15) is 5.69 Å². The van der Waals surface area contributed by atoms with Crippen molar-refractivity contribution in [1.29, 1.82) is 0 Å². The maximum atomic E-state index is 11.4. The summed E-state index contributed by atoms with van der Waals surface area (Å²) in [6, 6.07) is 7.06. The normalized spacial score (nSPS) is 18.3. The molecule has 0 spiro atoms. The van der Waals surface area contributed by atoms with Crippen LogP contribution in [0.4, 0.5) is 11.4 Å². The van der Waals surface area contributed by atoms with Gasteiger partial charge in [0.2, 0.25) is 0 Å². The molecule has 0 amide bonds. The lowest BCUT2D eigenvalue weighted by Crippen LogP contribution is -2.30. The van der Waals surface area contributed by atoms with Crippen molar-refractivity contribution in [1.82, 2.24) is 10.3 Å². The minimum absolute atomic E-state index is 0.118. The van der Waals surface area contributed by atoms with Gasteiger partial charge < -0.3 is 10.6 Å². The number of aromatic nitrogens is 1. The number of nitrogens with zero attached hydrogens (tertiary/aromatic N) is 2. The summed E-state index contributed by atoms with van der Waals surface area (Å²) in [5, 5.41) is 18.6. The van der Waals surface area contributed by atoms with Crippen LogP contribution in [0.3, 0.4) is 0 Å². The van der Waals surface area contributed by atoms with Gasteiger partial charge in [-0.15, -0.1) is 0 Å². The molecule has 0 radical (unpaired) electrons. The first-order chi connectivity index (χ1) is 10.8. The molecule has 116 valence electrons. The maximum absolute atomic E-state index is 11.4. The highest BCUT2D eigenvalue weighted by atomic mass is 16.6. The smallest absolute Gasteiger partial charge is 0.301 e. The molecule has 2 heterocycles. The van der Waals surface area contributed by atoms with Crippen molar-refractivity contribution in [2.75, 3.05) is 25.0 Å². The fourth-order valence-electron chi connectivity index (χ4n) is 3.06. The molecule has 1 saturated heterocycles. The van der Waals surface area contributed by atoms with E-state index in [1.165, 1.54) is 12.8 Å². The lowest BCUT2D eigenvalue weighted by Gasteiger charge is -2.22. The van der Waals surface area contributed by atoms with Gasteiger partial charge in [-0.3, -0.25) is 15.1 Å². The Labute approximate surface area is 129 Å². The number of piperidine rings is 1. The van der Waals surface area contributed by atoms with E-state index >= 15 is 0 Å². The van der Waals surface area contributed by atoms with Gasteiger partial charge in [0.25, 0.3) is 0 Å². The molecule has 6 heteroatoms. The van der Waals surface area contributed by atoms with Crippen molar-refractivity contribution >= 4 is 22.3 Å². The Morgan fingerprint density at radius 1 is 1.41 bits per heavy atom. The van der Waals surface area contributed by atoms with Crippen molar-refractivity contribution in [3.8, 4) is 0 Å². The Morgan fingerprint density at radius 3 is 3.09 bits per heavy atom. The Morgan fingerprint density at radius 2 is 2.32 bits per heavy atom. The second-order valence-electron chi connectivity index (χ2n) is 5.72. The Bertz CT molecular complexity index is 668. The summed E-state index contributed by atoms with van der Waals surface area (Å²) in [6.07, 6.45) is 5.12. The molecule has 22 heavy (non-hydrogen) atoms. The number of nitro groups is 1. The summed E-state index contributed by atoms with van der Waals surface area (Å²) in [5.41, 5.74) is 1.35. The van der Waals surface area contributed by atoms with E-state index in [2.05, 4.69) is 15.6 Å². The second kappa shape index (κ2) is 6.70.